The summed E-state index contributed by atoms with van der Waals surface area (Å²) in [5.74, 6) is -0.376. The number of carboxylic acids is 1. The van der Waals surface area contributed by atoms with Crippen LogP contribution in [-0.4, -0.2) is 34.0 Å². The zero-order valence-corrected chi connectivity index (χ0v) is 10.9. The predicted molar refractivity (Wildman–Crippen MR) is 64.8 cm³/mol. The van der Waals surface area contributed by atoms with Crippen molar-refractivity contribution in [3.63, 3.8) is 0 Å². The third-order valence-corrected chi connectivity index (χ3v) is 3.69. The lowest BCUT2D eigenvalue weighted by Crippen LogP contribution is -2.32. The van der Waals surface area contributed by atoms with E-state index in [0.717, 1.165) is 5.69 Å². The Morgan fingerprint density at radius 3 is 2.62 bits per heavy atom. The van der Waals surface area contributed by atoms with Gasteiger partial charge >= 0.3 is 5.97 Å². The first-order valence-corrected chi connectivity index (χ1v) is 6.17. The number of nitrogens with zero attached hydrogens (tertiary/aromatic N) is 2. The maximum absolute atomic E-state index is 10.7. The number of thiazole rings is 1. The molecule has 0 fully saturated rings. The first kappa shape index (κ1) is 13.1. The molecule has 5 heteroatoms. The average molecular weight is 242 g/mol. The molecule has 0 aromatic carbocycles. The Bertz CT molecular complexity index is 363. The van der Waals surface area contributed by atoms with Crippen LogP contribution in [-0.2, 0) is 6.54 Å². The lowest BCUT2D eigenvalue weighted by molar-refractivity contribution is 0.0696. The van der Waals surface area contributed by atoms with Gasteiger partial charge in [-0.25, -0.2) is 9.78 Å². The molecule has 1 aromatic heterocycles. The summed E-state index contributed by atoms with van der Waals surface area (Å²) in [5.41, 5.74) is 0.831. The molecule has 0 bridgehead atoms. The van der Waals surface area contributed by atoms with E-state index >= 15 is 0 Å². The molecule has 0 aliphatic rings. The molecule has 1 aromatic rings. The number of aromatic nitrogens is 1. The first-order valence-electron chi connectivity index (χ1n) is 5.29. The summed E-state index contributed by atoms with van der Waals surface area (Å²) >= 11 is 1.18. The van der Waals surface area contributed by atoms with Crippen molar-refractivity contribution in [2.45, 2.75) is 33.4 Å². The number of hydrogen-bond donors (Lipinski definition) is 1. The smallest absolute Gasteiger partial charge is 0.365 e. The summed E-state index contributed by atoms with van der Waals surface area (Å²) in [6, 6.07) is 0.454. The van der Waals surface area contributed by atoms with Crippen LogP contribution in [0.1, 0.15) is 36.3 Å². The molecule has 0 aliphatic carbocycles. The monoisotopic (exact) mass is 242 g/mol. The lowest BCUT2D eigenvalue weighted by atomic mass is 10.1. The van der Waals surface area contributed by atoms with Gasteiger partial charge in [0.05, 0.1) is 5.69 Å². The molecule has 1 unspecified atom stereocenters. The van der Waals surface area contributed by atoms with E-state index in [9.17, 15) is 4.79 Å². The van der Waals surface area contributed by atoms with E-state index in [2.05, 4.69) is 30.7 Å². The minimum Gasteiger partial charge on any atom is -0.476 e. The Labute approximate surface area is 99.9 Å². The van der Waals surface area contributed by atoms with Crippen LogP contribution in [0.25, 0.3) is 0 Å². The van der Waals surface area contributed by atoms with Crippen LogP contribution >= 0.6 is 11.3 Å². The van der Waals surface area contributed by atoms with Crippen molar-refractivity contribution < 1.29 is 9.90 Å². The first-order chi connectivity index (χ1) is 7.41. The fourth-order valence-electron chi connectivity index (χ4n) is 1.39. The normalized spacial score (nSPS) is 13.4. The molecular formula is C11H18N2O2S. The molecule has 0 spiro atoms. The molecule has 1 rings (SSSR count). The predicted octanol–water partition coefficient (Wildman–Crippen LogP) is 2.32. The Kier molecular flexibility index (Phi) is 4.44. The van der Waals surface area contributed by atoms with Crippen molar-refractivity contribution in [1.29, 1.82) is 0 Å². The van der Waals surface area contributed by atoms with Gasteiger partial charge in [-0.3, -0.25) is 4.90 Å². The fraction of sp³-hybridized carbons (Fsp3) is 0.636. The Balaban J connectivity index is 2.62. The van der Waals surface area contributed by atoms with E-state index in [1.165, 1.54) is 11.3 Å². The Morgan fingerprint density at radius 2 is 2.19 bits per heavy atom. The third-order valence-electron chi connectivity index (χ3n) is 2.81. The topological polar surface area (TPSA) is 53.4 Å². The summed E-state index contributed by atoms with van der Waals surface area (Å²) < 4.78 is 0. The summed E-state index contributed by atoms with van der Waals surface area (Å²) in [7, 11) is 2.03. The van der Waals surface area contributed by atoms with E-state index in [1.54, 1.807) is 0 Å². The number of carbonyl (C=O) groups is 1. The largest absolute Gasteiger partial charge is 0.476 e. The van der Waals surface area contributed by atoms with Crippen molar-refractivity contribution in [3.05, 3.63) is 16.1 Å². The van der Waals surface area contributed by atoms with Crippen LogP contribution in [0.4, 0.5) is 0 Å². The highest BCUT2D eigenvalue weighted by Gasteiger charge is 2.15. The van der Waals surface area contributed by atoms with Gasteiger partial charge in [-0.2, -0.15) is 0 Å². The van der Waals surface area contributed by atoms with Crippen LogP contribution in [0.2, 0.25) is 0 Å². The number of carboxylic acid groups (broad SMARTS) is 1. The van der Waals surface area contributed by atoms with Crippen LogP contribution in [0.5, 0.6) is 0 Å². The quantitative estimate of drug-likeness (QED) is 0.861. The lowest BCUT2D eigenvalue weighted by Gasteiger charge is -2.26. The second kappa shape index (κ2) is 5.41. The van der Waals surface area contributed by atoms with Crippen molar-refractivity contribution in [1.82, 2.24) is 9.88 Å². The van der Waals surface area contributed by atoms with Crippen LogP contribution in [0.15, 0.2) is 5.38 Å². The summed E-state index contributed by atoms with van der Waals surface area (Å²) in [4.78, 5) is 16.9. The minimum atomic E-state index is -0.948. The molecule has 1 heterocycles. The van der Waals surface area contributed by atoms with Gasteiger partial charge in [0.2, 0.25) is 5.01 Å². The summed E-state index contributed by atoms with van der Waals surface area (Å²) in [5, 5.41) is 10.7. The van der Waals surface area contributed by atoms with Gasteiger partial charge in [-0.1, -0.05) is 13.8 Å². The van der Waals surface area contributed by atoms with E-state index in [-0.39, 0.29) is 5.01 Å². The van der Waals surface area contributed by atoms with Gasteiger partial charge in [0, 0.05) is 18.0 Å². The second-order valence-electron chi connectivity index (χ2n) is 4.35. The van der Waals surface area contributed by atoms with E-state index in [0.29, 0.717) is 18.5 Å². The Morgan fingerprint density at radius 1 is 1.56 bits per heavy atom. The molecular weight excluding hydrogens is 224 g/mol. The van der Waals surface area contributed by atoms with Gasteiger partial charge in [0.25, 0.3) is 0 Å². The second-order valence-corrected chi connectivity index (χ2v) is 5.21. The number of hydrogen-bond acceptors (Lipinski definition) is 4. The van der Waals surface area contributed by atoms with Crippen LogP contribution in [0, 0.1) is 5.92 Å². The van der Waals surface area contributed by atoms with Crippen molar-refractivity contribution in [2.24, 2.45) is 5.92 Å². The zero-order chi connectivity index (χ0) is 12.3. The Hall–Kier alpha value is -0.940. The molecule has 0 amide bonds. The van der Waals surface area contributed by atoms with Crippen molar-refractivity contribution in [2.75, 3.05) is 7.05 Å². The maximum Gasteiger partial charge on any atom is 0.365 e. The highest BCUT2D eigenvalue weighted by atomic mass is 32.1. The molecule has 16 heavy (non-hydrogen) atoms. The van der Waals surface area contributed by atoms with E-state index in [4.69, 9.17) is 5.11 Å². The minimum absolute atomic E-state index is 0.167. The van der Waals surface area contributed by atoms with E-state index < -0.39 is 5.97 Å². The van der Waals surface area contributed by atoms with Gasteiger partial charge < -0.3 is 5.11 Å². The van der Waals surface area contributed by atoms with Gasteiger partial charge in [-0.05, 0) is 19.9 Å². The summed E-state index contributed by atoms with van der Waals surface area (Å²) in [6.07, 6.45) is 0. The summed E-state index contributed by atoms with van der Waals surface area (Å²) in [6.45, 7) is 7.20. The van der Waals surface area contributed by atoms with Gasteiger partial charge in [0.15, 0.2) is 0 Å². The number of rotatable bonds is 5. The molecule has 0 aliphatic heterocycles. The zero-order valence-electron chi connectivity index (χ0n) is 10.1. The van der Waals surface area contributed by atoms with E-state index in [1.807, 2.05) is 12.4 Å². The van der Waals surface area contributed by atoms with Crippen LogP contribution < -0.4 is 0 Å². The maximum atomic E-state index is 10.7. The third kappa shape index (κ3) is 3.28. The highest BCUT2D eigenvalue weighted by Crippen LogP contribution is 2.15. The molecule has 1 atom stereocenters. The standard InChI is InChI=1S/C11H18N2O2S/c1-7(2)8(3)13(4)5-9-6-16-10(12-9)11(14)15/h6-8H,5H2,1-4H3,(H,14,15). The number of aromatic carboxylic acids is 1. The molecule has 0 radical (unpaired) electrons. The SMILES string of the molecule is CC(C)C(C)N(C)Cc1csc(C(=O)O)n1. The molecule has 4 nitrogen and oxygen atoms in total. The molecule has 1 N–H and O–H groups in total. The van der Waals surface area contributed by atoms with Crippen LogP contribution in [0.3, 0.4) is 0 Å². The average Bonchev–Trinajstić information content (AvgIpc) is 2.64. The van der Waals surface area contributed by atoms with Gasteiger partial charge in [-0.15, -0.1) is 11.3 Å². The molecule has 90 valence electrons. The van der Waals surface area contributed by atoms with Crippen molar-refractivity contribution >= 4 is 17.3 Å². The molecule has 0 saturated carbocycles. The molecule has 0 saturated heterocycles. The fourth-order valence-corrected chi connectivity index (χ4v) is 2.03. The highest BCUT2D eigenvalue weighted by molar-refractivity contribution is 7.11. The van der Waals surface area contributed by atoms with Gasteiger partial charge in [0.1, 0.15) is 0 Å². The van der Waals surface area contributed by atoms with Crippen molar-refractivity contribution in [3.8, 4) is 0 Å².